The molecule has 194 valence electrons. The molecule has 2 heterocycles. The number of aromatic nitrogens is 1. The molecule has 3 N–H and O–H groups in total. The number of carbonyl (C=O) groups is 2. The summed E-state index contributed by atoms with van der Waals surface area (Å²) in [6.45, 7) is -0.0476. The number of benzene rings is 2. The molecule has 0 radical (unpaired) electrons. The van der Waals surface area contributed by atoms with E-state index in [-0.39, 0.29) is 31.7 Å². The van der Waals surface area contributed by atoms with Gasteiger partial charge in [-0.3, -0.25) is 9.59 Å². The van der Waals surface area contributed by atoms with Gasteiger partial charge in [0.2, 0.25) is 5.91 Å². The predicted octanol–water partition coefficient (Wildman–Crippen LogP) is 3.95. The van der Waals surface area contributed by atoms with Gasteiger partial charge in [0.25, 0.3) is 5.03 Å². The van der Waals surface area contributed by atoms with Crippen LogP contribution in [-0.4, -0.2) is 33.9 Å². The Bertz CT molecular complexity index is 1220. The van der Waals surface area contributed by atoms with Crippen molar-refractivity contribution in [2.45, 2.75) is 49.4 Å². The molecule has 0 saturated carbocycles. The summed E-state index contributed by atoms with van der Waals surface area (Å²) in [5.41, 5.74) is 2.95. The molecule has 0 unspecified atom stereocenters. The predicted molar refractivity (Wildman–Crippen MR) is 136 cm³/mol. The summed E-state index contributed by atoms with van der Waals surface area (Å²) in [5, 5.41) is 33.5. The zero-order valence-electron chi connectivity index (χ0n) is 20.0. The second-order valence-electron chi connectivity index (χ2n) is 8.59. The molecule has 0 aliphatic carbocycles. The van der Waals surface area contributed by atoms with Gasteiger partial charge in [0.1, 0.15) is 0 Å². The number of carboxylic acids is 1. The van der Waals surface area contributed by atoms with Crippen LogP contribution < -0.4 is 10.0 Å². The number of aliphatic carboxylic acids is 1. The van der Waals surface area contributed by atoms with Gasteiger partial charge in [0, 0.05) is 42.0 Å². The Hall–Kier alpha value is -3.44. The van der Waals surface area contributed by atoms with Gasteiger partial charge in [-0.05, 0) is 29.3 Å². The SMILES string of the molecule is O=C(O)CCC(=O)Nc1cccc([C@@H]2O[C@H](CSc3cccc[n+]3[O-])C[C@H](c3ccc(CO)cc3)O2)c1. The van der Waals surface area contributed by atoms with Crippen molar-refractivity contribution in [1.29, 1.82) is 0 Å². The first-order valence-corrected chi connectivity index (χ1v) is 12.8. The fourth-order valence-corrected chi connectivity index (χ4v) is 4.87. The van der Waals surface area contributed by atoms with Gasteiger partial charge in [-0.25, -0.2) is 0 Å². The molecule has 1 aliphatic rings. The molecule has 4 rings (SSSR count). The normalized spacial score (nSPS) is 19.3. The van der Waals surface area contributed by atoms with Crippen LogP contribution in [0, 0.1) is 5.21 Å². The van der Waals surface area contributed by atoms with Crippen molar-refractivity contribution < 1.29 is 34.0 Å². The van der Waals surface area contributed by atoms with Crippen molar-refractivity contribution >= 4 is 29.3 Å². The van der Waals surface area contributed by atoms with Crippen LogP contribution >= 0.6 is 11.8 Å². The lowest BCUT2D eigenvalue weighted by Gasteiger charge is -2.36. The maximum atomic E-state index is 12.1. The molecular formula is C27H28N2O7S. The van der Waals surface area contributed by atoms with Crippen LogP contribution in [0.3, 0.4) is 0 Å². The van der Waals surface area contributed by atoms with Crippen LogP contribution in [0.2, 0.25) is 0 Å². The molecule has 1 aliphatic heterocycles. The number of aliphatic hydroxyl groups is 1. The quantitative estimate of drug-likeness (QED) is 0.206. The maximum Gasteiger partial charge on any atom is 0.303 e. The van der Waals surface area contributed by atoms with Crippen LogP contribution in [0.25, 0.3) is 0 Å². The number of nitrogens with zero attached hydrogens (tertiary/aromatic N) is 1. The number of aliphatic hydroxyl groups excluding tert-OH is 1. The van der Waals surface area contributed by atoms with Gasteiger partial charge in [-0.2, -0.15) is 4.73 Å². The molecule has 3 atom stereocenters. The lowest BCUT2D eigenvalue weighted by molar-refractivity contribution is -0.645. The van der Waals surface area contributed by atoms with Gasteiger partial charge in [-0.1, -0.05) is 48.2 Å². The Labute approximate surface area is 218 Å². The van der Waals surface area contributed by atoms with E-state index in [4.69, 9.17) is 14.6 Å². The summed E-state index contributed by atoms with van der Waals surface area (Å²) in [6, 6.07) is 19.9. The molecule has 1 amide bonds. The number of rotatable bonds is 10. The second-order valence-corrected chi connectivity index (χ2v) is 9.63. The second kappa shape index (κ2) is 12.7. The van der Waals surface area contributed by atoms with Gasteiger partial charge in [0.15, 0.2) is 12.5 Å². The minimum atomic E-state index is -1.03. The van der Waals surface area contributed by atoms with Crippen molar-refractivity contribution in [2.75, 3.05) is 11.1 Å². The molecule has 37 heavy (non-hydrogen) atoms. The number of pyridine rings is 1. The van der Waals surface area contributed by atoms with Crippen molar-refractivity contribution in [2.24, 2.45) is 0 Å². The lowest BCUT2D eigenvalue weighted by Crippen LogP contribution is -2.32. The molecule has 9 nitrogen and oxygen atoms in total. The van der Waals surface area contributed by atoms with E-state index in [0.717, 1.165) is 15.9 Å². The standard InChI is InChI=1S/C27H28N2O7S/c30-16-18-7-9-19(10-8-18)23-15-22(17-37-25-6-1-2-13-29(25)34)35-27(36-23)20-4-3-5-21(14-20)28-24(31)11-12-26(32)33/h1-10,13-14,22-23,27,30H,11-12,15-17H2,(H,28,31)(H,32,33)/t22-,23+,27+/m0/s1. The van der Waals surface area contributed by atoms with E-state index in [2.05, 4.69) is 5.32 Å². The maximum absolute atomic E-state index is 12.1. The molecule has 2 aromatic carbocycles. The smallest absolute Gasteiger partial charge is 0.303 e. The molecule has 0 bridgehead atoms. The van der Waals surface area contributed by atoms with E-state index in [1.54, 1.807) is 30.3 Å². The van der Waals surface area contributed by atoms with Crippen LogP contribution in [0.4, 0.5) is 5.69 Å². The summed E-state index contributed by atoms with van der Waals surface area (Å²) in [7, 11) is 0. The first-order chi connectivity index (χ1) is 17.9. The number of ether oxygens (including phenoxy) is 2. The number of carboxylic acid groups (broad SMARTS) is 1. The fourth-order valence-electron chi connectivity index (χ4n) is 3.93. The summed E-state index contributed by atoms with van der Waals surface area (Å²) < 4.78 is 13.4. The third-order valence-electron chi connectivity index (χ3n) is 5.83. The Morgan fingerprint density at radius 1 is 1.03 bits per heavy atom. The van der Waals surface area contributed by atoms with Crippen molar-refractivity contribution in [3.8, 4) is 0 Å². The van der Waals surface area contributed by atoms with Gasteiger partial charge >= 0.3 is 5.97 Å². The van der Waals surface area contributed by atoms with Gasteiger partial charge in [-0.15, -0.1) is 0 Å². The monoisotopic (exact) mass is 524 g/mol. The van der Waals surface area contributed by atoms with Crippen molar-refractivity contribution in [3.05, 3.63) is 94.8 Å². The minimum absolute atomic E-state index is 0.0476. The van der Waals surface area contributed by atoms with Crippen LogP contribution in [0.1, 0.15) is 48.3 Å². The van der Waals surface area contributed by atoms with E-state index in [1.807, 2.05) is 36.4 Å². The topological polar surface area (TPSA) is 132 Å². The number of hydrogen-bond acceptors (Lipinski definition) is 7. The van der Waals surface area contributed by atoms with Gasteiger partial charge in [0.05, 0.1) is 25.2 Å². The molecule has 1 fully saturated rings. The summed E-state index contributed by atoms with van der Waals surface area (Å²) in [4.78, 5) is 22.9. The zero-order chi connectivity index (χ0) is 26.2. The Morgan fingerprint density at radius 2 is 1.84 bits per heavy atom. The molecular weight excluding hydrogens is 496 g/mol. The highest BCUT2D eigenvalue weighted by Crippen LogP contribution is 2.39. The number of hydrogen-bond donors (Lipinski definition) is 3. The summed E-state index contributed by atoms with van der Waals surface area (Å²) in [6.07, 6.45) is 0.396. The van der Waals surface area contributed by atoms with E-state index in [1.165, 1.54) is 18.0 Å². The van der Waals surface area contributed by atoms with Crippen LogP contribution in [0.5, 0.6) is 0 Å². The average Bonchev–Trinajstić information content (AvgIpc) is 2.91. The largest absolute Gasteiger partial charge is 0.618 e. The highest BCUT2D eigenvalue weighted by Gasteiger charge is 2.33. The summed E-state index contributed by atoms with van der Waals surface area (Å²) in [5.74, 6) is -0.897. The van der Waals surface area contributed by atoms with Crippen LogP contribution in [0.15, 0.2) is 78.0 Å². The van der Waals surface area contributed by atoms with E-state index in [9.17, 15) is 19.9 Å². The third kappa shape index (κ3) is 7.53. The number of carbonyl (C=O) groups excluding carboxylic acids is 1. The van der Waals surface area contributed by atoms with Crippen LogP contribution in [-0.2, 0) is 25.7 Å². The van der Waals surface area contributed by atoms with E-state index >= 15 is 0 Å². The van der Waals surface area contributed by atoms with Crippen molar-refractivity contribution in [1.82, 2.24) is 0 Å². The molecule has 0 spiro atoms. The first-order valence-electron chi connectivity index (χ1n) is 11.8. The van der Waals surface area contributed by atoms with E-state index < -0.39 is 18.2 Å². The van der Waals surface area contributed by atoms with Crippen molar-refractivity contribution in [3.63, 3.8) is 0 Å². The lowest BCUT2D eigenvalue weighted by atomic mass is 10.0. The Kier molecular flexibility index (Phi) is 9.13. The molecule has 1 saturated heterocycles. The van der Waals surface area contributed by atoms with Gasteiger partial charge < -0.3 is 30.2 Å². The Balaban J connectivity index is 1.52. The summed E-state index contributed by atoms with van der Waals surface area (Å²) >= 11 is 1.41. The molecule has 1 aromatic heterocycles. The molecule has 3 aromatic rings. The number of amides is 1. The highest BCUT2D eigenvalue weighted by atomic mass is 32.2. The van der Waals surface area contributed by atoms with E-state index in [0.29, 0.717) is 28.5 Å². The fraction of sp³-hybridized carbons (Fsp3) is 0.296. The number of thioether (sulfide) groups is 1. The third-order valence-corrected chi connectivity index (χ3v) is 6.98. The highest BCUT2D eigenvalue weighted by molar-refractivity contribution is 7.99. The first kappa shape index (κ1) is 26.6. The number of nitrogens with one attached hydrogen (secondary N) is 1. The minimum Gasteiger partial charge on any atom is -0.618 e. The molecule has 10 heteroatoms. The zero-order valence-corrected chi connectivity index (χ0v) is 20.8. The average molecular weight is 525 g/mol. The number of anilines is 1. The Morgan fingerprint density at radius 3 is 2.57 bits per heavy atom.